The summed E-state index contributed by atoms with van der Waals surface area (Å²) >= 11 is 1.59. The molecule has 4 rings (SSSR count). The second kappa shape index (κ2) is 9.43. The quantitative estimate of drug-likeness (QED) is 0.640. The van der Waals surface area contributed by atoms with Crippen LogP contribution < -0.4 is 5.32 Å². The number of amides is 2. The zero-order valence-corrected chi connectivity index (χ0v) is 18.7. The molecule has 0 aliphatic carbocycles. The van der Waals surface area contributed by atoms with Crippen molar-refractivity contribution in [3.05, 3.63) is 76.3 Å². The zero-order chi connectivity index (χ0) is 21.8. The third-order valence-electron chi connectivity index (χ3n) is 5.64. The third kappa shape index (κ3) is 5.20. The first-order chi connectivity index (χ1) is 15.0. The van der Waals surface area contributed by atoms with E-state index >= 15 is 0 Å². The van der Waals surface area contributed by atoms with Crippen molar-refractivity contribution in [1.82, 2.24) is 15.2 Å². The summed E-state index contributed by atoms with van der Waals surface area (Å²) in [7, 11) is 0. The van der Waals surface area contributed by atoms with E-state index in [1.54, 1.807) is 11.3 Å². The van der Waals surface area contributed by atoms with Crippen LogP contribution in [0.1, 0.15) is 40.0 Å². The van der Waals surface area contributed by atoms with E-state index in [1.165, 1.54) is 0 Å². The highest BCUT2D eigenvalue weighted by Gasteiger charge is 2.28. The van der Waals surface area contributed by atoms with Gasteiger partial charge in [0.25, 0.3) is 5.91 Å². The Balaban J connectivity index is 1.28. The van der Waals surface area contributed by atoms with Gasteiger partial charge in [-0.05, 0) is 38.8 Å². The smallest absolute Gasteiger partial charge is 0.253 e. The Labute approximate surface area is 187 Å². The number of nitrogens with zero attached hydrogens (tertiary/aromatic N) is 2. The van der Waals surface area contributed by atoms with Gasteiger partial charge < -0.3 is 10.2 Å². The molecule has 6 heteroatoms. The van der Waals surface area contributed by atoms with Gasteiger partial charge in [-0.25, -0.2) is 4.98 Å². The van der Waals surface area contributed by atoms with Crippen molar-refractivity contribution in [3.63, 3.8) is 0 Å². The topological polar surface area (TPSA) is 62.3 Å². The molecule has 5 nitrogen and oxygen atoms in total. The molecule has 31 heavy (non-hydrogen) atoms. The number of hydrogen-bond donors (Lipinski definition) is 1. The lowest BCUT2D eigenvalue weighted by atomic mass is 9.95. The number of nitrogens with one attached hydrogen (secondary N) is 1. The van der Waals surface area contributed by atoms with Gasteiger partial charge in [0.2, 0.25) is 5.91 Å². The van der Waals surface area contributed by atoms with Crippen molar-refractivity contribution in [2.24, 2.45) is 5.92 Å². The molecule has 1 fully saturated rings. The second-order valence-electron chi connectivity index (χ2n) is 8.17. The summed E-state index contributed by atoms with van der Waals surface area (Å²) in [4.78, 5) is 32.0. The first-order valence-corrected chi connectivity index (χ1v) is 11.5. The van der Waals surface area contributed by atoms with Crippen molar-refractivity contribution in [3.8, 4) is 10.6 Å². The highest BCUT2D eigenvalue weighted by Crippen LogP contribution is 2.24. The molecule has 0 saturated carbocycles. The van der Waals surface area contributed by atoms with E-state index in [2.05, 4.69) is 16.4 Å². The molecule has 2 amide bonds. The Morgan fingerprint density at radius 2 is 1.74 bits per heavy atom. The van der Waals surface area contributed by atoms with Crippen LogP contribution in [0, 0.1) is 19.8 Å². The normalized spacial score (nSPS) is 14.5. The molecule has 0 spiro atoms. The lowest BCUT2D eigenvalue weighted by molar-refractivity contribution is -0.126. The summed E-state index contributed by atoms with van der Waals surface area (Å²) in [6.45, 7) is 5.67. The van der Waals surface area contributed by atoms with Gasteiger partial charge in [-0.1, -0.05) is 47.5 Å². The molecule has 160 valence electrons. The summed E-state index contributed by atoms with van der Waals surface area (Å²) in [5, 5.41) is 5.98. The molecular weight excluding hydrogens is 406 g/mol. The maximum atomic E-state index is 12.8. The van der Waals surface area contributed by atoms with Crippen molar-refractivity contribution >= 4 is 23.2 Å². The van der Waals surface area contributed by atoms with Gasteiger partial charge in [-0.2, -0.15) is 0 Å². The Bertz CT molecular complexity index is 1050. The fraction of sp³-hybridized carbons (Fsp3) is 0.320. The average molecular weight is 434 g/mol. The van der Waals surface area contributed by atoms with Gasteiger partial charge in [-0.15, -0.1) is 11.3 Å². The Morgan fingerprint density at radius 3 is 2.42 bits per heavy atom. The van der Waals surface area contributed by atoms with E-state index in [0.717, 1.165) is 33.0 Å². The standard InChI is InChI=1S/C25H27N3O2S/c1-17-12-18(2)14-21(13-17)25(30)28-10-8-19(9-11-28)23(29)26-15-22-16-31-24(27-22)20-6-4-3-5-7-20/h3-7,12-14,16,19H,8-11,15H2,1-2H3,(H,26,29). The van der Waals surface area contributed by atoms with Crippen LogP contribution in [-0.4, -0.2) is 34.8 Å². The Morgan fingerprint density at radius 1 is 1.06 bits per heavy atom. The molecule has 1 N–H and O–H groups in total. The molecule has 0 unspecified atom stereocenters. The Kier molecular flexibility index (Phi) is 6.47. The number of piperidine rings is 1. The van der Waals surface area contributed by atoms with Gasteiger partial charge in [0.05, 0.1) is 12.2 Å². The predicted octanol–water partition coefficient (Wildman–Crippen LogP) is 4.60. The van der Waals surface area contributed by atoms with Gasteiger partial charge in [-0.3, -0.25) is 9.59 Å². The van der Waals surface area contributed by atoms with Crippen molar-refractivity contribution in [2.75, 3.05) is 13.1 Å². The van der Waals surface area contributed by atoms with Crippen LogP contribution in [-0.2, 0) is 11.3 Å². The molecule has 0 bridgehead atoms. The number of rotatable bonds is 5. The zero-order valence-electron chi connectivity index (χ0n) is 17.9. The van der Waals surface area contributed by atoms with Gasteiger partial charge in [0.1, 0.15) is 5.01 Å². The molecule has 1 saturated heterocycles. The minimum atomic E-state index is -0.0597. The highest BCUT2D eigenvalue weighted by atomic mass is 32.1. The summed E-state index contributed by atoms with van der Waals surface area (Å²) < 4.78 is 0. The second-order valence-corrected chi connectivity index (χ2v) is 9.03. The number of thiazole rings is 1. The maximum absolute atomic E-state index is 12.8. The van der Waals surface area contributed by atoms with Crippen LogP contribution in [0.2, 0.25) is 0 Å². The van der Waals surface area contributed by atoms with E-state index in [-0.39, 0.29) is 17.7 Å². The van der Waals surface area contributed by atoms with Crippen LogP contribution >= 0.6 is 11.3 Å². The van der Waals surface area contributed by atoms with E-state index in [1.807, 2.05) is 66.6 Å². The fourth-order valence-corrected chi connectivity index (χ4v) is 4.87. The average Bonchev–Trinajstić information content (AvgIpc) is 3.26. The van der Waals surface area contributed by atoms with Crippen molar-refractivity contribution in [1.29, 1.82) is 0 Å². The SMILES string of the molecule is Cc1cc(C)cc(C(=O)N2CCC(C(=O)NCc3csc(-c4ccccc4)n3)CC2)c1. The van der Waals surface area contributed by atoms with Crippen LogP contribution in [0.15, 0.2) is 53.9 Å². The summed E-state index contributed by atoms with van der Waals surface area (Å²) in [5.41, 5.74) is 4.88. The van der Waals surface area contributed by atoms with Crippen molar-refractivity contribution < 1.29 is 9.59 Å². The van der Waals surface area contributed by atoms with E-state index in [4.69, 9.17) is 0 Å². The van der Waals surface area contributed by atoms with Crippen LogP contribution in [0.25, 0.3) is 10.6 Å². The number of likely N-dealkylation sites (tertiary alicyclic amines) is 1. The lowest BCUT2D eigenvalue weighted by Crippen LogP contribution is -2.43. The van der Waals surface area contributed by atoms with E-state index in [0.29, 0.717) is 32.5 Å². The van der Waals surface area contributed by atoms with E-state index in [9.17, 15) is 9.59 Å². The number of aromatic nitrogens is 1. The fourth-order valence-electron chi connectivity index (χ4n) is 4.05. The summed E-state index contributed by atoms with van der Waals surface area (Å²) in [6.07, 6.45) is 1.38. The van der Waals surface area contributed by atoms with Gasteiger partial charge >= 0.3 is 0 Å². The first-order valence-electron chi connectivity index (χ1n) is 10.6. The third-order valence-corrected chi connectivity index (χ3v) is 6.58. The number of aryl methyl sites for hydroxylation is 2. The van der Waals surface area contributed by atoms with E-state index < -0.39 is 0 Å². The molecule has 1 aliphatic rings. The molecule has 1 aliphatic heterocycles. The molecule has 2 heterocycles. The summed E-state index contributed by atoms with van der Waals surface area (Å²) in [6, 6.07) is 16.0. The van der Waals surface area contributed by atoms with Crippen LogP contribution in [0.5, 0.6) is 0 Å². The molecule has 0 radical (unpaired) electrons. The summed E-state index contributed by atoms with van der Waals surface area (Å²) in [5.74, 6) is 0.0462. The minimum absolute atomic E-state index is 0.0489. The van der Waals surface area contributed by atoms with Crippen LogP contribution in [0.3, 0.4) is 0 Å². The number of carbonyl (C=O) groups excluding carboxylic acids is 2. The number of carbonyl (C=O) groups is 2. The highest BCUT2D eigenvalue weighted by molar-refractivity contribution is 7.13. The number of hydrogen-bond acceptors (Lipinski definition) is 4. The molecule has 0 atom stereocenters. The largest absolute Gasteiger partial charge is 0.350 e. The van der Waals surface area contributed by atoms with Crippen molar-refractivity contribution in [2.45, 2.75) is 33.2 Å². The van der Waals surface area contributed by atoms with Gasteiger partial charge in [0.15, 0.2) is 0 Å². The van der Waals surface area contributed by atoms with Gasteiger partial charge in [0, 0.05) is 35.5 Å². The lowest BCUT2D eigenvalue weighted by Gasteiger charge is -2.31. The predicted molar refractivity (Wildman–Crippen MR) is 124 cm³/mol. The first kappa shape index (κ1) is 21.2. The minimum Gasteiger partial charge on any atom is -0.350 e. The molecule has 1 aromatic heterocycles. The molecule has 2 aromatic carbocycles. The molecular formula is C25H27N3O2S. The number of benzene rings is 2. The maximum Gasteiger partial charge on any atom is 0.253 e. The Hall–Kier alpha value is -2.99. The molecule has 3 aromatic rings. The van der Waals surface area contributed by atoms with Crippen LogP contribution in [0.4, 0.5) is 0 Å². The monoisotopic (exact) mass is 433 g/mol.